The molecule has 0 amide bonds. The van der Waals surface area contributed by atoms with Gasteiger partial charge < -0.3 is 17.2 Å². The third-order valence-corrected chi connectivity index (χ3v) is 3.82. The van der Waals surface area contributed by atoms with E-state index in [2.05, 4.69) is 43.8 Å². The molecule has 0 saturated carbocycles. The van der Waals surface area contributed by atoms with Crippen molar-refractivity contribution in [3.8, 4) is 0 Å². The molecule has 24 heavy (non-hydrogen) atoms. The molecule has 0 aromatic heterocycles. The highest BCUT2D eigenvalue weighted by molar-refractivity contribution is 5.76. The quantitative estimate of drug-likeness (QED) is 0.554. The fourth-order valence-electron chi connectivity index (χ4n) is 2.68. The van der Waals surface area contributed by atoms with Gasteiger partial charge in [-0.3, -0.25) is 0 Å². The van der Waals surface area contributed by atoms with Gasteiger partial charge in [0.1, 0.15) is 0 Å². The number of rotatable bonds is 6. The zero-order valence-electron chi connectivity index (χ0n) is 15.2. The fraction of sp³-hybridized carbons (Fsp3) is 0.333. The molecule has 2 aromatic rings. The van der Waals surface area contributed by atoms with E-state index >= 15 is 0 Å². The summed E-state index contributed by atoms with van der Waals surface area (Å²) in [6.07, 6.45) is 2.03. The second-order valence-corrected chi connectivity index (χ2v) is 5.84. The molecule has 0 heterocycles. The lowest BCUT2D eigenvalue weighted by molar-refractivity contribution is 0.729. The first-order valence-electron chi connectivity index (χ1n) is 8.59. The molecule has 6 N–H and O–H groups in total. The van der Waals surface area contributed by atoms with Crippen LogP contribution in [0.15, 0.2) is 49.0 Å². The standard InChI is InChI=1S/C19H25N3.C2H6/c1-13-6-8-15(9-7-13)10-11-16-4-3-5-17(20)19(16)14(2)12-18(21)22;1-2/h3-9,18H,2,10-12,20-22H2,1H3;1-2H3. The number of benzene rings is 2. The number of hydrogen-bond acceptors (Lipinski definition) is 3. The van der Waals surface area contributed by atoms with Crippen molar-refractivity contribution in [3.05, 3.63) is 71.3 Å². The van der Waals surface area contributed by atoms with Gasteiger partial charge in [0.05, 0.1) is 6.17 Å². The van der Waals surface area contributed by atoms with E-state index in [1.807, 2.05) is 26.0 Å². The Morgan fingerprint density at radius 3 is 2.21 bits per heavy atom. The van der Waals surface area contributed by atoms with Crippen LogP contribution in [0.4, 0.5) is 5.69 Å². The summed E-state index contributed by atoms with van der Waals surface area (Å²) in [7, 11) is 0. The molecule has 0 radical (unpaired) electrons. The molecule has 3 nitrogen and oxygen atoms in total. The molecule has 0 fully saturated rings. The van der Waals surface area contributed by atoms with E-state index in [-0.39, 0.29) is 0 Å². The molecule has 3 heteroatoms. The molecule has 0 aliphatic rings. The van der Waals surface area contributed by atoms with Crippen LogP contribution in [0.5, 0.6) is 0 Å². The van der Waals surface area contributed by atoms with Crippen LogP contribution in [0.3, 0.4) is 0 Å². The van der Waals surface area contributed by atoms with Crippen LogP contribution in [-0.4, -0.2) is 6.17 Å². The molecule has 2 aromatic carbocycles. The number of nitrogen functional groups attached to an aromatic ring is 1. The average Bonchev–Trinajstić information content (AvgIpc) is 2.55. The molecule has 0 bridgehead atoms. The van der Waals surface area contributed by atoms with Crippen LogP contribution in [-0.2, 0) is 12.8 Å². The molecule has 0 spiro atoms. The molecule has 0 atom stereocenters. The van der Waals surface area contributed by atoms with Crippen LogP contribution in [0, 0.1) is 6.92 Å². The molecule has 0 aliphatic carbocycles. The highest BCUT2D eigenvalue weighted by Gasteiger charge is 2.11. The van der Waals surface area contributed by atoms with Crippen molar-refractivity contribution >= 4 is 11.3 Å². The second kappa shape index (κ2) is 9.91. The minimum absolute atomic E-state index is 0.406. The summed E-state index contributed by atoms with van der Waals surface area (Å²) in [4.78, 5) is 0. The van der Waals surface area contributed by atoms with Gasteiger partial charge in [-0.15, -0.1) is 0 Å². The minimum atomic E-state index is -0.406. The normalized spacial score (nSPS) is 10.2. The van der Waals surface area contributed by atoms with Crippen LogP contribution in [0.1, 0.15) is 42.5 Å². The Balaban J connectivity index is 0.00000139. The van der Waals surface area contributed by atoms with Crippen LogP contribution in [0.2, 0.25) is 0 Å². The van der Waals surface area contributed by atoms with Gasteiger partial charge >= 0.3 is 0 Å². The van der Waals surface area contributed by atoms with Crippen LogP contribution < -0.4 is 17.2 Å². The molecular formula is C21H31N3. The second-order valence-electron chi connectivity index (χ2n) is 5.84. The lowest BCUT2D eigenvalue weighted by Crippen LogP contribution is -2.30. The summed E-state index contributed by atoms with van der Waals surface area (Å²) in [6.45, 7) is 10.2. The highest BCUT2D eigenvalue weighted by Crippen LogP contribution is 2.28. The monoisotopic (exact) mass is 325 g/mol. The Hall–Kier alpha value is -2.10. The van der Waals surface area contributed by atoms with E-state index < -0.39 is 6.17 Å². The Bertz CT molecular complexity index is 643. The Morgan fingerprint density at radius 1 is 1.00 bits per heavy atom. The van der Waals surface area contributed by atoms with Gasteiger partial charge in [0.15, 0.2) is 0 Å². The Morgan fingerprint density at radius 2 is 1.62 bits per heavy atom. The number of nitrogens with two attached hydrogens (primary N) is 3. The van der Waals surface area contributed by atoms with Crippen molar-refractivity contribution in [1.29, 1.82) is 0 Å². The molecule has 0 saturated heterocycles. The van der Waals surface area contributed by atoms with Crippen molar-refractivity contribution in [1.82, 2.24) is 0 Å². The first-order valence-corrected chi connectivity index (χ1v) is 8.59. The largest absolute Gasteiger partial charge is 0.398 e. The topological polar surface area (TPSA) is 78.1 Å². The van der Waals surface area contributed by atoms with Crippen molar-refractivity contribution in [2.75, 3.05) is 5.73 Å². The molecule has 2 rings (SSSR count). The van der Waals surface area contributed by atoms with E-state index in [1.165, 1.54) is 16.7 Å². The summed E-state index contributed by atoms with van der Waals surface area (Å²) in [5, 5.41) is 0. The predicted molar refractivity (Wildman–Crippen MR) is 107 cm³/mol. The van der Waals surface area contributed by atoms with E-state index in [0.717, 1.165) is 29.7 Å². The molecule has 0 unspecified atom stereocenters. The highest BCUT2D eigenvalue weighted by atomic mass is 14.8. The Kier molecular flexibility index (Phi) is 8.24. The van der Waals surface area contributed by atoms with Gasteiger partial charge in [-0.2, -0.15) is 0 Å². The minimum Gasteiger partial charge on any atom is -0.398 e. The first kappa shape index (κ1) is 19.9. The smallest absolute Gasteiger partial charge is 0.0562 e. The van der Waals surface area contributed by atoms with Crippen molar-refractivity contribution in [2.45, 2.75) is 46.2 Å². The van der Waals surface area contributed by atoms with Gasteiger partial charge in [-0.1, -0.05) is 62.4 Å². The van der Waals surface area contributed by atoms with Crippen molar-refractivity contribution in [2.24, 2.45) is 11.5 Å². The molecule has 130 valence electrons. The van der Waals surface area contributed by atoms with Gasteiger partial charge in [-0.25, -0.2) is 0 Å². The maximum Gasteiger partial charge on any atom is 0.0562 e. The summed E-state index contributed by atoms with van der Waals surface area (Å²) >= 11 is 0. The third-order valence-electron chi connectivity index (χ3n) is 3.82. The SMILES string of the molecule is C=C(CC(N)N)c1c(N)cccc1CCc1ccc(C)cc1.CC. The van der Waals surface area contributed by atoms with Crippen LogP contribution >= 0.6 is 0 Å². The lowest BCUT2D eigenvalue weighted by Gasteiger charge is -2.16. The predicted octanol–water partition coefficient (Wildman–Crippen LogP) is 4.04. The zero-order chi connectivity index (χ0) is 18.1. The zero-order valence-corrected chi connectivity index (χ0v) is 15.2. The summed E-state index contributed by atoms with van der Waals surface area (Å²) in [6, 6.07) is 14.6. The lowest BCUT2D eigenvalue weighted by atomic mass is 9.92. The van der Waals surface area contributed by atoms with E-state index in [0.29, 0.717) is 6.42 Å². The fourth-order valence-corrected chi connectivity index (χ4v) is 2.68. The number of hydrogen-bond donors (Lipinski definition) is 3. The number of anilines is 1. The average molecular weight is 326 g/mol. The third kappa shape index (κ3) is 5.84. The van der Waals surface area contributed by atoms with Crippen molar-refractivity contribution in [3.63, 3.8) is 0 Å². The van der Waals surface area contributed by atoms with E-state index in [1.54, 1.807) is 0 Å². The van der Waals surface area contributed by atoms with Gasteiger partial charge in [-0.05, 0) is 42.5 Å². The van der Waals surface area contributed by atoms with Gasteiger partial charge in [0.25, 0.3) is 0 Å². The van der Waals surface area contributed by atoms with Crippen LogP contribution in [0.25, 0.3) is 5.57 Å². The molecule has 0 aliphatic heterocycles. The first-order chi connectivity index (χ1) is 11.5. The maximum atomic E-state index is 6.14. The van der Waals surface area contributed by atoms with Gasteiger partial charge in [0, 0.05) is 17.7 Å². The summed E-state index contributed by atoms with van der Waals surface area (Å²) < 4.78 is 0. The van der Waals surface area contributed by atoms with Crippen molar-refractivity contribution < 1.29 is 0 Å². The number of aryl methyl sites for hydroxylation is 3. The Labute approximate surface area is 146 Å². The van der Waals surface area contributed by atoms with Gasteiger partial charge in [0.2, 0.25) is 0 Å². The summed E-state index contributed by atoms with van der Waals surface area (Å²) in [5.41, 5.74) is 24.0. The van der Waals surface area contributed by atoms with E-state index in [4.69, 9.17) is 17.2 Å². The molecular weight excluding hydrogens is 294 g/mol. The van der Waals surface area contributed by atoms with E-state index in [9.17, 15) is 0 Å². The maximum absolute atomic E-state index is 6.14. The summed E-state index contributed by atoms with van der Waals surface area (Å²) in [5.74, 6) is 0.